The second kappa shape index (κ2) is 7.49. The van der Waals surface area contributed by atoms with Crippen LogP contribution in [0.15, 0.2) is 53.4 Å². The van der Waals surface area contributed by atoms with Crippen LogP contribution in [0.5, 0.6) is 0 Å². The van der Waals surface area contributed by atoms with Gasteiger partial charge < -0.3 is 10.2 Å². The van der Waals surface area contributed by atoms with Crippen LogP contribution in [0.2, 0.25) is 0 Å². The topological polar surface area (TPSA) is 49.4 Å². The third-order valence-corrected chi connectivity index (χ3v) is 4.81. The Morgan fingerprint density at radius 3 is 2.71 bits per heavy atom. The minimum absolute atomic E-state index is 0.0137. The number of amides is 2. The molecule has 2 amide bonds. The molecule has 1 aliphatic rings. The van der Waals surface area contributed by atoms with E-state index in [1.165, 1.54) is 28.8 Å². The quantitative estimate of drug-likeness (QED) is 0.907. The van der Waals surface area contributed by atoms with Gasteiger partial charge in [-0.2, -0.15) is 0 Å². The molecule has 0 saturated carbocycles. The molecule has 0 bridgehead atoms. The van der Waals surface area contributed by atoms with Gasteiger partial charge in [0.05, 0.1) is 11.4 Å². The Balaban J connectivity index is 1.55. The van der Waals surface area contributed by atoms with Gasteiger partial charge in [-0.15, -0.1) is 11.8 Å². The van der Waals surface area contributed by atoms with Crippen LogP contribution in [0.25, 0.3) is 0 Å². The van der Waals surface area contributed by atoms with Crippen molar-refractivity contribution in [3.63, 3.8) is 0 Å². The number of halogens is 1. The molecular weight excluding hydrogens is 327 g/mol. The first-order chi connectivity index (χ1) is 11.6. The molecule has 0 unspecified atom stereocenters. The van der Waals surface area contributed by atoms with Gasteiger partial charge in [0.25, 0.3) is 0 Å². The van der Waals surface area contributed by atoms with Crippen LogP contribution in [0.1, 0.15) is 5.56 Å². The van der Waals surface area contributed by atoms with E-state index in [1.54, 1.807) is 12.1 Å². The standard InChI is InChI=1S/C18H17FN2O2S/c19-14-7-5-13(6-8-14)9-10-20-17(22)11-21-15-3-1-2-4-16(15)24-12-18(21)23/h1-8H,9-12H2,(H,20,22). The van der Waals surface area contributed by atoms with Crippen molar-refractivity contribution < 1.29 is 14.0 Å². The van der Waals surface area contributed by atoms with E-state index in [2.05, 4.69) is 5.32 Å². The average molecular weight is 344 g/mol. The van der Waals surface area contributed by atoms with Crippen LogP contribution in [0.3, 0.4) is 0 Å². The summed E-state index contributed by atoms with van der Waals surface area (Å²) in [5, 5.41) is 2.81. The Bertz CT molecular complexity index is 749. The summed E-state index contributed by atoms with van der Waals surface area (Å²) in [5.41, 5.74) is 1.74. The Kier molecular flexibility index (Phi) is 5.15. The van der Waals surface area contributed by atoms with Crippen LogP contribution in [-0.4, -0.2) is 30.7 Å². The van der Waals surface area contributed by atoms with Gasteiger partial charge in [-0.3, -0.25) is 9.59 Å². The van der Waals surface area contributed by atoms with Crippen LogP contribution >= 0.6 is 11.8 Å². The van der Waals surface area contributed by atoms with Gasteiger partial charge in [0.2, 0.25) is 11.8 Å². The molecule has 0 atom stereocenters. The average Bonchev–Trinajstić information content (AvgIpc) is 2.59. The molecular formula is C18H17FN2O2S. The Morgan fingerprint density at radius 1 is 1.17 bits per heavy atom. The van der Waals surface area contributed by atoms with Crippen molar-refractivity contribution in [1.82, 2.24) is 5.32 Å². The highest BCUT2D eigenvalue weighted by Gasteiger charge is 2.25. The zero-order chi connectivity index (χ0) is 16.9. The lowest BCUT2D eigenvalue weighted by molar-refractivity contribution is -0.122. The number of benzene rings is 2. The summed E-state index contributed by atoms with van der Waals surface area (Å²) in [5.74, 6) is -0.192. The number of hydrogen-bond acceptors (Lipinski definition) is 3. The highest BCUT2D eigenvalue weighted by atomic mass is 32.2. The molecule has 0 fully saturated rings. The SMILES string of the molecule is O=C(CN1C(=O)CSc2ccccc21)NCCc1ccc(F)cc1. The maximum absolute atomic E-state index is 12.8. The summed E-state index contributed by atoms with van der Waals surface area (Å²) in [6, 6.07) is 13.8. The first-order valence-corrected chi connectivity index (χ1v) is 8.65. The van der Waals surface area contributed by atoms with E-state index in [0.29, 0.717) is 18.7 Å². The van der Waals surface area contributed by atoms with Crippen molar-refractivity contribution in [2.45, 2.75) is 11.3 Å². The molecule has 24 heavy (non-hydrogen) atoms. The number of para-hydroxylation sites is 1. The fourth-order valence-corrected chi connectivity index (χ4v) is 3.46. The van der Waals surface area contributed by atoms with E-state index in [1.807, 2.05) is 24.3 Å². The van der Waals surface area contributed by atoms with Gasteiger partial charge in [-0.05, 0) is 36.2 Å². The van der Waals surface area contributed by atoms with Crippen LogP contribution in [-0.2, 0) is 16.0 Å². The van der Waals surface area contributed by atoms with Crippen LogP contribution in [0.4, 0.5) is 10.1 Å². The minimum Gasteiger partial charge on any atom is -0.354 e. The number of fused-ring (bicyclic) bond motifs is 1. The first-order valence-electron chi connectivity index (χ1n) is 7.67. The molecule has 4 nitrogen and oxygen atoms in total. The van der Waals surface area contributed by atoms with E-state index < -0.39 is 0 Å². The zero-order valence-electron chi connectivity index (χ0n) is 13.0. The molecule has 0 spiro atoms. The number of anilines is 1. The lowest BCUT2D eigenvalue weighted by Crippen LogP contribution is -2.43. The van der Waals surface area contributed by atoms with Crippen molar-refractivity contribution in [3.05, 3.63) is 59.9 Å². The van der Waals surface area contributed by atoms with Gasteiger partial charge in [0.1, 0.15) is 12.4 Å². The monoisotopic (exact) mass is 344 g/mol. The zero-order valence-corrected chi connectivity index (χ0v) is 13.8. The van der Waals surface area contributed by atoms with Gasteiger partial charge >= 0.3 is 0 Å². The van der Waals surface area contributed by atoms with Gasteiger partial charge in [0.15, 0.2) is 0 Å². The van der Waals surface area contributed by atoms with E-state index in [9.17, 15) is 14.0 Å². The molecule has 6 heteroatoms. The maximum atomic E-state index is 12.8. The van der Waals surface area contributed by atoms with Crippen molar-refractivity contribution in [1.29, 1.82) is 0 Å². The molecule has 0 radical (unpaired) electrons. The molecule has 124 valence electrons. The third-order valence-electron chi connectivity index (χ3n) is 3.76. The number of nitrogens with zero attached hydrogens (tertiary/aromatic N) is 1. The lowest BCUT2D eigenvalue weighted by atomic mass is 10.1. The molecule has 1 N–H and O–H groups in total. The molecule has 2 aromatic carbocycles. The summed E-state index contributed by atoms with van der Waals surface area (Å²) < 4.78 is 12.8. The van der Waals surface area contributed by atoms with Crippen molar-refractivity contribution in [2.24, 2.45) is 0 Å². The van der Waals surface area contributed by atoms with E-state index in [-0.39, 0.29) is 24.2 Å². The van der Waals surface area contributed by atoms with Crippen LogP contribution in [0, 0.1) is 5.82 Å². The molecule has 2 aromatic rings. The fourth-order valence-electron chi connectivity index (χ4n) is 2.52. The van der Waals surface area contributed by atoms with E-state index in [0.717, 1.165) is 16.1 Å². The summed E-state index contributed by atoms with van der Waals surface area (Å²) in [6.07, 6.45) is 0.617. The molecule has 0 aromatic heterocycles. The van der Waals surface area contributed by atoms with Gasteiger partial charge in [-0.1, -0.05) is 24.3 Å². The summed E-state index contributed by atoms with van der Waals surface area (Å²) in [7, 11) is 0. The number of thioether (sulfide) groups is 1. The van der Waals surface area contributed by atoms with Crippen LogP contribution < -0.4 is 10.2 Å². The number of carbonyl (C=O) groups excluding carboxylic acids is 2. The summed E-state index contributed by atoms with van der Waals surface area (Å²) in [6.45, 7) is 0.461. The number of carbonyl (C=O) groups is 2. The van der Waals surface area contributed by atoms with Gasteiger partial charge in [0, 0.05) is 11.4 Å². The maximum Gasteiger partial charge on any atom is 0.240 e. The highest BCUT2D eigenvalue weighted by molar-refractivity contribution is 8.00. The predicted molar refractivity (Wildman–Crippen MR) is 92.6 cm³/mol. The first kappa shape index (κ1) is 16.5. The summed E-state index contributed by atoms with van der Waals surface area (Å²) >= 11 is 1.49. The number of rotatable bonds is 5. The molecule has 0 saturated heterocycles. The second-order valence-electron chi connectivity index (χ2n) is 5.46. The van der Waals surface area contributed by atoms with Crippen molar-refractivity contribution in [2.75, 3.05) is 23.7 Å². The lowest BCUT2D eigenvalue weighted by Gasteiger charge is -2.28. The number of hydrogen-bond donors (Lipinski definition) is 1. The summed E-state index contributed by atoms with van der Waals surface area (Å²) in [4.78, 5) is 26.8. The number of nitrogens with one attached hydrogen (secondary N) is 1. The predicted octanol–water partition coefficient (Wildman–Crippen LogP) is 2.62. The highest BCUT2D eigenvalue weighted by Crippen LogP contribution is 2.34. The van der Waals surface area contributed by atoms with E-state index >= 15 is 0 Å². The van der Waals surface area contributed by atoms with Crippen molar-refractivity contribution in [3.8, 4) is 0 Å². The Morgan fingerprint density at radius 2 is 1.92 bits per heavy atom. The second-order valence-corrected chi connectivity index (χ2v) is 6.48. The molecule has 1 aliphatic heterocycles. The Hall–Kier alpha value is -2.34. The normalized spacial score (nSPS) is 13.5. The smallest absolute Gasteiger partial charge is 0.240 e. The minimum atomic E-state index is -0.275. The largest absolute Gasteiger partial charge is 0.354 e. The Labute approximate surface area is 144 Å². The molecule has 1 heterocycles. The van der Waals surface area contributed by atoms with Crippen molar-refractivity contribution >= 4 is 29.3 Å². The van der Waals surface area contributed by atoms with Gasteiger partial charge in [-0.25, -0.2) is 4.39 Å². The molecule has 0 aliphatic carbocycles. The fraction of sp³-hybridized carbons (Fsp3) is 0.222. The third kappa shape index (κ3) is 3.94. The molecule has 3 rings (SSSR count). The van der Waals surface area contributed by atoms with E-state index in [4.69, 9.17) is 0 Å².